The largest absolute Gasteiger partial charge is 0.450 e. The summed E-state index contributed by atoms with van der Waals surface area (Å²) in [5.74, 6) is 0. The molecule has 0 aromatic carbocycles. The number of nitrogens with one attached hydrogen (secondary N) is 1. The van der Waals surface area contributed by atoms with Crippen LogP contribution in [-0.2, 0) is 11.3 Å². The summed E-state index contributed by atoms with van der Waals surface area (Å²) < 4.78 is 6.87. The predicted octanol–water partition coefficient (Wildman–Crippen LogP) is 2.17. The van der Waals surface area contributed by atoms with Gasteiger partial charge < -0.3 is 14.6 Å². The Balaban J connectivity index is 1.82. The first-order valence-corrected chi connectivity index (χ1v) is 6.11. The molecule has 5 nitrogen and oxygen atoms in total. The lowest BCUT2D eigenvalue weighted by Crippen LogP contribution is -2.25. The first-order chi connectivity index (χ1) is 8.81. The van der Waals surface area contributed by atoms with Crippen LogP contribution < -0.4 is 5.32 Å². The summed E-state index contributed by atoms with van der Waals surface area (Å²) in [7, 11) is 0. The van der Waals surface area contributed by atoms with Gasteiger partial charge in [-0.25, -0.2) is 9.78 Å². The Labute approximate surface area is 106 Å². The fourth-order valence-corrected chi connectivity index (χ4v) is 1.82. The summed E-state index contributed by atoms with van der Waals surface area (Å²) in [6.07, 6.45) is 4.30. The maximum Gasteiger partial charge on any atom is 0.407 e. The lowest BCUT2D eigenvalue weighted by molar-refractivity contribution is 0.152. The van der Waals surface area contributed by atoms with Crippen molar-refractivity contribution in [1.29, 1.82) is 0 Å². The van der Waals surface area contributed by atoms with Gasteiger partial charge in [-0.05, 0) is 31.5 Å². The van der Waals surface area contributed by atoms with E-state index in [0.29, 0.717) is 13.2 Å². The monoisotopic (exact) mass is 247 g/mol. The average molecular weight is 247 g/mol. The Kier molecular flexibility index (Phi) is 4.17. The van der Waals surface area contributed by atoms with Crippen molar-refractivity contribution in [1.82, 2.24) is 14.9 Å². The zero-order chi connectivity index (χ0) is 12.8. The van der Waals surface area contributed by atoms with Crippen molar-refractivity contribution in [3.63, 3.8) is 0 Å². The number of alkyl carbamates (subject to hydrolysis) is 1. The van der Waals surface area contributed by atoms with Crippen LogP contribution in [-0.4, -0.2) is 28.8 Å². The summed E-state index contributed by atoms with van der Waals surface area (Å²) in [4.78, 5) is 15.4. The smallest absolute Gasteiger partial charge is 0.407 e. The Morgan fingerprint density at radius 2 is 2.39 bits per heavy atom. The third-order valence-corrected chi connectivity index (χ3v) is 2.64. The second kappa shape index (κ2) is 6.05. The normalized spacial score (nSPS) is 10.5. The number of ether oxygens (including phenoxy) is 1. The van der Waals surface area contributed by atoms with E-state index < -0.39 is 0 Å². The molecular weight excluding hydrogens is 230 g/mol. The molecule has 18 heavy (non-hydrogen) atoms. The fourth-order valence-electron chi connectivity index (χ4n) is 1.82. The molecule has 0 bridgehead atoms. The van der Waals surface area contributed by atoms with Gasteiger partial charge in [-0.2, -0.15) is 0 Å². The zero-order valence-corrected chi connectivity index (χ0v) is 10.4. The highest BCUT2D eigenvalue weighted by Crippen LogP contribution is 2.12. The minimum atomic E-state index is -0.354. The molecule has 96 valence electrons. The van der Waals surface area contributed by atoms with Crippen LogP contribution >= 0.6 is 0 Å². The third kappa shape index (κ3) is 3.00. The number of rotatable bonds is 5. The quantitative estimate of drug-likeness (QED) is 0.824. The molecule has 0 aliphatic rings. The summed E-state index contributed by atoms with van der Waals surface area (Å²) in [5.41, 5.74) is 0.980. The van der Waals surface area contributed by atoms with E-state index in [4.69, 9.17) is 4.74 Å². The number of carbonyl (C=O) groups excluding carboxylic acids is 1. The molecule has 2 heterocycles. The molecule has 0 aliphatic heterocycles. The lowest BCUT2D eigenvalue weighted by atomic mass is 10.3. The molecule has 0 spiro atoms. The number of hydrogen-bond acceptors (Lipinski definition) is 3. The lowest BCUT2D eigenvalue weighted by Gasteiger charge is -2.06. The summed E-state index contributed by atoms with van der Waals surface area (Å²) >= 11 is 0. The molecule has 0 saturated heterocycles. The Bertz CT molecular complexity index is 522. The maximum atomic E-state index is 11.1. The average Bonchev–Trinajstić information content (AvgIpc) is 2.78. The molecule has 2 rings (SSSR count). The topological polar surface area (TPSA) is 56.1 Å². The van der Waals surface area contributed by atoms with Crippen LogP contribution in [0.25, 0.3) is 11.0 Å². The van der Waals surface area contributed by atoms with Crippen LogP contribution in [0, 0.1) is 0 Å². The van der Waals surface area contributed by atoms with Gasteiger partial charge >= 0.3 is 6.09 Å². The van der Waals surface area contributed by atoms with E-state index in [9.17, 15) is 4.79 Å². The predicted molar refractivity (Wildman–Crippen MR) is 69.4 cm³/mol. The van der Waals surface area contributed by atoms with E-state index in [1.54, 1.807) is 13.1 Å². The maximum absolute atomic E-state index is 11.1. The zero-order valence-electron chi connectivity index (χ0n) is 10.4. The van der Waals surface area contributed by atoms with Crippen molar-refractivity contribution in [3.8, 4) is 0 Å². The number of hydrogen-bond donors (Lipinski definition) is 1. The molecule has 0 saturated carbocycles. The Morgan fingerprint density at radius 1 is 1.50 bits per heavy atom. The number of aryl methyl sites for hydroxylation is 1. The molecule has 0 aliphatic carbocycles. The number of carbonyl (C=O) groups is 1. The summed E-state index contributed by atoms with van der Waals surface area (Å²) in [6, 6.07) is 6.01. The van der Waals surface area contributed by atoms with Crippen LogP contribution in [0.5, 0.6) is 0 Å². The second-order valence-corrected chi connectivity index (χ2v) is 3.93. The fraction of sp³-hybridized carbons (Fsp3) is 0.385. The van der Waals surface area contributed by atoms with Gasteiger partial charge in [0.05, 0.1) is 6.61 Å². The number of fused-ring (bicyclic) bond motifs is 1. The number of pyridine rings is 1. The van der Waals surface area contributed by atoms with Crippen molar-refractivity contribution < 1.29 is 9.53 Å². The molecule has 5 heteroatoms. The number of amides is 1. The minimum absolute atomic E-state index is 0.354. The van der Waals surface area contributed by atoms with E-state index in [-0.39, 0.29) is 6.09 Å². The summed E-state index contributed by atoms with van der Waals surface area (Å²) in [6.45, 7) is 3.62. The van der Waals surface area contributed by atoms with Gasteiger partial charge in [0.25, 0.3) is 0 Å². The van der Waals surface area contributed by atoms with E-state index in [1.807, 2.05) is 24.4 Å². The van der Waals surface area contributed by atoms with Crippen LogP contribution in [0.1, 0.15) is 13.3 Å². The van der Waals surface area contributed by atoms with Crippen molar-refractivity contribution in [2.45, 2.75) is 19.9 Å². The van der Waals surface area contributed by atoms with E-state index in [1.165, 1.54) is 0 Å². The summed E-state index contributed by atoms with van der Waals surface area (Å²) in [5, 5.41) is 3.83. The SMILES string of the molecule is CCOC(=O)NCCCn1ccc2cccnc21. The van der Waals surface area contributed by atoms with Crippen molar-refractivity contribution >= 4 is 17.1 Å². The molecule has 0 fully saturated rings. The Hall–Kier alpha value is -2.04. The molecule has 1 N–H and O–H groups in total. The second-order valence-electron chi connectivity index (χ2n) is 3.93. The standard InChI is InChI=1S/C13H17N3O2/c1-2-18-13(17)15-8-4-9-16-10-6-11-5-3-7-14-12(11)16/h3,5-7,10H,2,4,8-9H2,1H3,(H,15,17). The molecule has 0 unspecified atom stereocenters. The van der Waals surface area contributed by atoms with Gasteiger partial charge in [-0.3, -0.25) is 0 Å². The highest BCUT2D eigenvalue weighted by atomic mass is 16.5. The van der Waals surface area contributed by atoms with Gasteiger partial charge in [0.2, 0.25) is 0 Å². The van der Waals surface area contributed by atoms with Gasteiger partial charge in [-0.1, -0.05) is 0 Å². The number of nitrogens with zero attached hydrogens (tertiary/aromatic N) is 2. The molecule has 0 atom stereocenters. The molecule has 1 amide bonds. The van der Waals surface area contributed by atoms with Crippen molar-refractivity contribution in [3.05, 3.63) is 30.6 Å². The van der Waals surface area contributed by atoms with E-state index >= 15 is 0 Å². The molecule has 2 aromatic heterocycles. The van der Waals surface area contributed by atoms with Crippen molar-refractivity contribution in [2.75, 3.05) is 13.2 Å². The van der Waals surface area contributed by atoms with Gasteiger partial charge in [0.15, 0.2) is 0 Å². The minimum Gasteiger partial charge on any atom is -0.450 e. The third-order valence-electron chi connectivity index (χ3n) is 2.64. The van der Waals surface area contributed by atoms with Crippen molar-refractivity contribution in [2.24, 2.45) is 0 Å². The highest BCUT2D eigenvalue weighted by Gasteiger charge is 2.02. The van der Waals surface area contributed by atoms with Gasteiger partial charge in [0, 0.05) is 30.9 Å². The molecule has 0 radical (unpaired) electrons. The highest BCUT2D eigenvalue weighted by molar-refractivity contribution is 5.75. The first-order valence-electron chi connectivity index (χ1n) is 6.11. The van der Waals surface area contributed by atoms with Crippen LogP contribution in [0.4, 0.5) is 4.79 Å². The molecule has 2 aromatic rings. The number of aromatic nitrogens is 2. The van der Waals surface area contributed by atoms with Crippen LogP contribution in [0.15, 0.2) is 30.6 Å². The van der Waals surface area contributed by atoms with E-state index in [0.717, 1.165) is 24.0 Å². The Morgan fingerprint density at radius 3 is 3.22 bits per heavy atom. The van der Waals surface area contributed by atoms with Crippen LogP contribution in [0.2, 0.25) is 0 Å². The van der Waals surface area contributed by atoms with Gasteiger partial charge in [0.1, 0.15) is 5.65 Å². The first kappa shape index (κ1) is 12.4. The van der Waals surface area contributed by atoms with Gasteiger partial charge in [-0.15, -0.1) is 0 Å². The molecular formula is C13H17N3O2. The van der Waals surface area contributed by atoms with Crippen LogP contribution in [0.3, 0.4) is 0 Å². The van der Waals surface area contributed by atoms with E-state index in [2.05, 4.69) is 14.9 Å².